The number of fused-ring (bicyclic) bond motifs is 1. The van der Waals surface area contributed by atoms with Crippen LogP contribution in [0.15, 0.2) is 63.6 Å². The Morgan fingerprint density at radius 1 is 1.18 bits per heavy atom. The molecule has 0 spiro atoms. The molecule has 2 aromatic rings. The molecule has 1 N–H and O–H groups in total. The summed E-state index contributed by atoms with van der Waals surface area (Å²) in [6.07, 6.45) is 1.32. The number of aliphatic imine (C=N–C) groups is 2. The van der Waals surface area contributed by atoms with Crippen molar-refractivity contribution in [2.75, 3.05) is 33.3 Å². The van der Waals surface area contributed by atoms with Crippen molar-refractivity contribution in [3.05, 3.63) is 64.7 Å². The van der Waals surface area contributed by atoms with Crippen molar-refractivity contribution in [3.63, 3.8) is 0 Å². The van der Waals surface area contributed by atoms with Gasteiger partial charge in [0.05, 0.1) is 25.1 Å². The zero-order valence-corrected chi connectivity index (χ0v) is 20.1. The SMILES string of the molecule is CCN(CC)CCC/C(=N\NC1=Nc2ccc(Cl)cc2C(c2ccccc2)=NC1)C(=O)OC. The first-order valence-electron chi connectivity index (χ1n) is 11.2. The smallest absolute Gasteiger partial charge is 0.354 e. The van der Waals surface area contributed by atoms with Crippen LogP contribution >= 0.6 is 11.6 Å². The molecule has 0 bridgehead atoms. The van der Waals surface area contributed by atoms with Gasteiger partial charge in [0.25, 0.3) is 0 Å². The van der Waals surface area contributed by atoms with Crippen molar-refractivity contribution in [1.82, 2.24) is 10.3 Å². The van der Waals surface area contributed by atoms with Crippen molar-refractivity contribution >= 4 is 40.5 Å². The van der Waals surface area contributed by atoms with Crippen LogP contribution in [-0.2, 0) is 9.53 Å². The Bertz CT molecular complexity index is 1050. The number of ether oxygens (including phenoxy) is 1. The van der Waals surface area contributed by atoms with Crippen LogP contribution in [0.4, 0.5) is 5.69 Å². The van der Waals surface area contributed by atoms with Crippen LogP contribution in [0.3, 0.4) is 0 Å². The number of amidine groups is 1. The highest BCUT2D eigenvalue weighted by Gasteiger charge is 2.18. The topological polar surface area (TPSA) is 78.6 Å². The first-order valence-corrected chi connectivity index (χ1v) is 11.5. The van der Waals surface area contributed by atoms with Gasteiger partial charge in [0, 0.05) is 22.6 Å². The summed E-state index contributed by atoms with van der Waals surface area (Å²) in [5.74, 6) is 0.0894. The number of benzene rings is 2. The fraction of sp³-hybridized carbons (Fsp3) is 0.360. The van der Waals surface area contributed by atoms with Gasteiger partial charge in [-0.15, -0.1) is 0 Å². The standard InChI is InChI=1S/C25H30ClN5O2/c1-4-31(5-2)15-9-12-22(25(32)33-3)29-30-23-17-27-24(18-10-7-6-8-11-18)20-16-19(26)13-14-21(20)28-23/h6-8,10-11,13-14,16H,4-5,9,12,15,17H2,1-3H3,(H,28,30)/b29-22+. The van der Waals surface area contributed by atoms with Gasteiger partial charge in [-0.1, -0.05) is 55.8 Å². The lowest BCUT2D eigenvalue weighted by molar-refractivity contribution is -0.132. The molecule has 0 saturated carbocycles. The zero-order valence-electron chi connectivity index (χ0n) is 19.3. The number of nitrogens with one attached hydrogen (secondary N) is 1. The maximum atomic E-state index is 12.3. The molecule has 1 aliphatic heterocycles. The molecule has 0 aromatic heterocycles. The number of hydrogen-bond acceptors (Lipinski definition) is 7. The molecular formula is C25H30ClN5O2. The fourth-order valence-electron chi connectivity index (χ4n) is 3.58. The van der Waals surface area contributed by atoms with Gasteiger partial charge in [0.2, 0.25) is 0 Å². The van der Waals surface area contributed by atoms with E-state index >= 15 is 0 Å². The third-order valence-corrected chi connectivity index (χ3v) is 5.66. The van der Waals surface area contributed by atoms with Crippen molar-refractivity contribution < 1.29 is 9.53 Å². The largest absolute Gasteiger partial charge is 0.464 e. The molecule has 0 radical (unpaired) electrons. The summed E-state index contributed by atoms with van der Waals surface area (Å²) in [5, 5.41) is 4.96. The van der Waals surface area contributed by atoms with Crippen LogP contribution in [-0.4, -0.2) is 61.4 Å². The summed E-state index contributed by atoms with van der Waals surface area (Å²) in [7, 11) is 1.36. The summed E-state index contributed by atoms with van der Waals surface area (Å²) >= 11 is 6.27. The zero-order chi connectivity index (χ0) is 23.6. The number of hydrazone groups is 1. The molecule has 1 aliphatic rings. The lowest BCUT2D eigenvalue weighted by atomic mass is 10.0. The Labute approximate surface area is 200 Å². The highest BCUT2D eigenvalue weighted by molar-refractivity contribution is 6.36. The van der Waals surface area contributed by atoms with Gasteiger partial charge in [-0.25, -0.2) is 9.79 Å². The Kier molecular flexibility index (Phi) is 9.15. The Hall–Kier alpha value is -3.03. The minimum atomic E-state index is -0.447. The third kappa shape index (κ3) is 6.73. The van der Waals surface area contributed by atoms with E-state index in [2.05, 4.69) is 29.3 Å². The highest BCUT2D eigenvalue weighted by atomic mass is 35.5. The van der Waals surface area contributed by atoms with E-state index in [1.54, 1.807) is 6.07 Å². The van der Waals surface area contributed by atoms with E-state index in [0.29, 0.717) is 23.0 Å². The summed E-state index contributed by atoms with van der Waals surface area (Å²) in [5.41, 5.74) is 6.66. The minimum Gasteiger partial charge on any atom is -0.464 e. The van der Waals surface area contributed by atoms with Crippen LogP contribution in [0.2, 0.25) is 5.02 Å². The molecule has 0 unspecified atom stereocenters. The second kappa shape index (κ2) is 12.3. The monoisotopic (exact) mass is 467 g/mol. The molecule has 0 aliphatic carbocycles. The third-order valence-electron chi connectivity index (χ3n) is 5.43. The molecule has 174 valence electrons. The normalized spacial score (nSPS) is 13.7. The van der Waals surface area contributed by atoms with E-state index in [4.69, 9.17) is 26.3 Å². The summed E-state index contributed by atoms with van der Waals surface area (Å²) in [6.45, 7) is 7.37. The number of nitrogens with zero attached hydrogens (tertiary/aromatic N) is 4. The van der Waals surface area contributed by atoms with E-state index in [1.165, 1.54) is 7.11 Å². The van der Waals surface area contributed by atoms with Gasteiger partial charge in [-0.3, -0.25) is 10.4 Å². The lowest BCUT2D eigenvalue weighted by Gasteiger charge is -2.17. The van der Waals surface area contributed by atoms with Crippen molar-refractivity contribution in [1.29, 1.82) is 0 Å². The molecule has 0 atom stereocenters. The number of rotatable bonds is 9. The fourth-order valence-corrected chi connectivity index (χ4v) is 3.75. The number of carbonyl (C=O) groups excluding carboxylic acids is 1. The Morgan fingerprint density at radius 2 is 1.94 bits per heavy atom. The van der Waals surface area contributed by atoms with E-state index in [9.17, 15) is 4.79 Å². The molecule has 33 heavy (non-hydrogen) atoms. The van der Waals surface area contributed by atoms with Crippen LogP contribution in [0.25, 0.3) is 0 Å². The number of hydrogen-bond donors (Lipinski definition) is 1. The van der Waals surface area contributed by atoms with Gasteiger partial charge in [0.1, 0.15) is 11.5 Å². The van der Waals surface area contributed by atoms with Gasteiger partial charge in [0.15, 0.2) is 0 Å². The second-order valence-electron chi connectivity index (χ2n) is 7.54. The van der Waals surface area contributed by atoms with Gasteiger partial charge in [-0.2, -0.15) is 5.10 Å². The maximum Gasteiger partial charge on any atom is 0.354 e. The van der Waals surface area contributed by atoms with Crippen LogP contribution in [0, 0.1) is 0 Å². The lowest BCUT2D eigenvalue weighted by Crippen LogP contribution is -2.28. The molecule has 2 aromatic carbocycles. The molecule has 1 heterocycles. The molecule has 7 nitrogen and oxygen atoms in total. The van der Waals surface area contributed by atoms with Crippen LogP contribution in [0.1, 0.15) is 37.8 Å². The summed E-state index contributed by atoms with van der Waals surface area (Å²) in [6, 6.07) is 15.4. The predicted molar refractivity (Wildman–Crippen MR) is 135 cm³/mol. The van der Waals surface area contributed by atoms with Crippen LogP contribution < -0.4 is 5.43 Å². The van der Waals surface area contributed by atoms with Crippen LogP contribution in [0.5, 0.6) is 0 Å². The highest BCUT2D eigenvalue weighted by Crippen LogP contribution is 2.28. The van der Waals surface area contributed by atoms with Gasteiger partial charge < -0.3 is 9.64 Å². The van der Waals surface area contributed by atoms with E-state index in [-0.39, 0.29) is 6.54 Å². The first-order chi connectivity index (χ1) is 16.0. The minimum absolute atomic E-state index is 0.286. The number of esters is 1. The quantitative estimate of drug-likeness (QED) is 0.335. The van der Waals surface area contributed by atoms with Gasteiger partial charge in [-0.05, 0) is 44.3 Å². The number of halogens is 1. The Morgan fingerprint density at radius 3 is 2.64 bits per heavy atom. The molecule has 0 amide bonds. The average molecular weight is 468 g/mol. The Balaban J connectivity index is 1.83. The first kappa shape index (κ1) is 24.6. The molecular weight excluding hydrogens is 438 g/mol. The maximum absolute atomic E-state index is 12.3. The summed E-state index contributed by atoms with van der Waals surface area (Å²) < 4.78 is 4.93. The molecule has 8 heteroatoms. The van der Waals surface area contributed by atoms with E-state index < -0.39 is 5.97 Å². The molecule has 3 rings (SSSR count). The summed E-state index contributed by atoms with van der Waals surface area (Å²) in [4.78, 5) is 24.1. The van der Waals surface area contributed by atoms with E-state index in [1.807, 2.05) is 42.5 Å². The molecule has 0 saturated heterocycles. The average Bonchev–Trinajstić information content (AvgIpc) is 3.02. The second-order valence-corrected chi connectivity index (χ2v) is 7.98. The van der Waals surface area contributed by atoms with Crippen molar-refractivity contribution in [2.45, 2.75) is 26.7 Å². The van der Waals surface area contributed by atoms with Crippen molar-refractivity contribution in [3.8, 4) is 0 Å². The van der Waals surface area contributed by atoms with Gasteiger partial charge >= 0.3 is 5.97 Å². The van der Waals surface area contributed by atoms with Crippen molar-refractivity contribution in [2.24, 2.45) is 15.1 Å². The number of carbonyl (C=O) groups is 1. The number of methoxy groups -OCH3 is 1. The van der Waals surface area contributed by atoms with E-state index in [0.717, 1.165) is 48.6 Å². The molecule has 0 fully saturated rings. The predicted octanol–water partition coefficient (Wildman–Crippen LogP) is 4.46.